The maximum atomic E-state index is 13.3. The van der Waals surface area contributed by atoms with E-state index in [1.165, 1.54) is 26.2 Å². The van der Waals surface area contributed by atoms with E-state index >= 15 is 0 Å². The van der Waals surface area contributed by atoms with Crippen LogP contribution in [0.3, 0.4) is 0 Å². The number of nitrogens with zero attached hydrogens (tertiary/aromatic N) is 5. The Morgan fingerprint density at radius 1 is 1.18 bits per heavy atom. The molecule has 3 aromatic rings. The molecule has 1 saturated heterocycles. The van der Waals surface area contributed by atoms with E-state index in [0.29, 0.717) is 58.3 Å². The molecule has 2 atom stereocenters. The molecule has 1 unspecified atom stereocenters. The second kappa shape index (κ2) is 15.2. The topological polar surface area (TPSA) is 177 Å². The maximum Gasteiger partial charge on any atom is 0.411 e. The number of nitrogens with one attached hydrogen (secondary N) is 4. The zero-order valence-electron chi connectivity index (χ0n) is 24.5. The van der Waals surface area contributed by atoms with Crippen LogP contribution in [0, 0.1) is 16.9 Å². The molecular formula is C30H31Cl2N9O4. The van der Waals surface area contributed by atoms with Crippen LogP contribution >= 0.6 is 23.2 Å². The van der Waals surface area contributed by atoms with Gasteiger partial charge in [0.05, 0.1) is 24.5 Å². The number of likely N-dealkylation sites (tertiary alicyclic amines) is 1. The standard InChI is InChI=1S/C30H31Cl2N9O4/c1-18(42)40-12-11-19(16-40)13-25(36-28(43)10-5-21-14-22(31)6-9-27(21)41(17-33)39-34)26-15-24(29(32)38-37-26)20-3-7-23(8-4-20)35-30(44)45-2/h3-10,14-15,17,19,25,33-34H,11-13,16H2,1-2H3,(H,35,44)(H,36,43)/b10-5+,33-17?,39-34?/t19?,25-/m0/s1. The summed E-state index contributed by atoms with van der Waals surface area (Å²) >= 11 is 12.6. The van der Waals surface area contributed by atoms with Gasteiger partial charge < -0.3 is 15.0 Å². The molecule has 0 spiro atoms. The van der Waals surface area contributed by atoms with Crippen molar-refractivity contribution in [2.24, 2.45) is 11.1 Å². The van der Waals surface area contributed by atoms with Gasteiger partial charge in [-0.1, -0.05) is 40.6 Å². The fraction of sp³-hybridized carbons (Fsp3) is 0.267. The molecule has 15 heteroatoms. The molecule has 0 aliphatic carbocycles. The predicted molar refractivity (Wildman–Crippen MR) is 171 cm³/mol. The molecular weight excluding hydrogens is 621 g/mol. The van der Waals surface area contributed by atoms with Gasteiger partial charge in [-0.2, -0.15) is 10.6 Å². The summed E-state index contributed by atoms with van der Waals surface area (Å²) in [5.41, 5.74) is 10.5. The quantitative estimate of drug-likeness (QED) is 0.0634. The average molecular weight is 653 g/mol. The van der Waals surface area contributed by atoms with Gasteiger partial charge in [-0.3, -0.25) is 20.3 Å². The fourth-order valence-corrected chi connectivity index (χ4v) is 5.35. The second-order valence-corrected chi connectivity index (χ2v) is 11.0. The van der Waals surface area contributed by atoms with Crippen molar-refractivity contribution in [3.8, 4) is 11.1 Å². The Labute approximate surface area is 269 Å². The average Bonchev–Trinajstić information content (AvgIpc) is 3.51. The molecule has 0 radical (unpaired) electrons. The molecule has 13 nitrogen and oxygen atoms in total. The third kappa shape index (κ3) is 8.61. The lowest BCUT2D eigenvalue weighted by Crippen LogP contribution is -2.31. The third-order valence-electron chi connectivity index (χ3n) is 7.25. The Kier molecular flexibility index (Phi) is 11.2. The fourth-order valence-electron chi connectivity index (χ4n) is 4.97. The number of carbonyl (C=O) groups excluding carboxylic acids is 3. The van der Waals surface area contributed by atoms with Gasteiger partial charge in [0.2, 0.25) is 11.8 Å². The summed E-state index contributed by atoms with van der Waals surface area (Å²) < 4.78 is 4.63. The van der Waals surface area contributed by atoms with Crippen molar-refractivity contribution in [3.05, 3.63) is 76.0 Å². The van der Waals surface area contributed by atoms with Gasteiger partial charge in [0, 0.05) is 47.9 Å². The summed E-state index contributed by atoms with van der Waals surface area (Å²) in [6.45, 7) is 2.72. The molecule has 0 saturated carbocycles. The highest BCUT2D eigenvalue weighted by molar-refractivity contribution is 6.32. The molecule has 0 bridgehead atoms. The van der Waals surface area contributed by atoms with E-state index in [1.54, 1.807) is 53.4 Å². The van der Waals surface area contributed by atoms with E-state index in [4.69, 9.17) is 34.1 Å². The first-order chi connectivity index (χ1) is 21.6. The SMILES string of the molecule is COC(=O)Nc1ccc(-c2cc([C@H](CC3CCN(C(C)=O)C3)NC(=O)/C=C/c3cc(Cl)ccc3N(C=N)N=N)nnc2Cl)cc1. The first-order valence-corrected chi connectivity index (χ1v) is 14.6. The molecule has 3 amide bonds. The van der Waals surface area contributed by atoms with Gasteiger partial charge in [0.25, 0.3) is 0 Å². The van der Waals surface area contributed by atoms with E-state index in [9.17, 15) is 14.4 Å². The number of hydrogen-bond acceptors (Lipinski definition) is 9. The van der Waals surface area contributed by atoms with Gasteiger partial charge in [-0.15, -0.1) is 5.10 Å². The van der Waals surface area contributed by atoms with Crippen molar-refractivity contribution in [1.29, 1.82) is 10.9 Å². The van der Waals surface area contributed by atoms with Crippen molar-refractivity contribution in [2.75, 3.05) is 30.5 Å². The van der Waals surface area contributed by atoms with Gasteiger partial charge in [0.15, 0.2) is 5.15 Å². The van der Waals surface area contributed by atoms with Crippen LogP contribution in [-0.2, 0) is 14.3 Å². The minimum Gasteiger partial charge on any atom is -0.453 e. The monoisotopic (exact) mass is 651 g/mol. The number of ether oxygens (including phenoxy) is 1. The summed E-state index contributed by atoms with van der Waals surface area (Å²) in [5, 5.41) is 26.5. The number of methoxy groups -OCH3 is 1. The number of carbonyl (C=O) groups is 3. The highest BCUT2D eigenvalue weighted by atomic mass is 35.5. The van der Waals surface area contributed by atoms with E-state index in [1.807, 2.05) is 0 Å². The van der Waals surface area contributed by atoms with Crippen molar-refractivity contribution in [2.45, 2.75) is 25.8 Å². The highest BCUT2D eigenvalue weighted by Gasteiger charge is 2.29. The Morgan fingerprint density at radius 2 is 1.93 bits per heavy atom. The van der Waals surface area contributed by atoms with Crippen LogP contribution in [0.15, 0.2) is 59.8 Å². The van der Waals surface area contributed by atoms with Crippen LogP contribution in [0.4, 0.5) is 16.2 Å². The lowest BCUT2D eigenvalue weighted by Gasteiger charge is -2.22. The molecule has 4 rings (SSSR count). The Hall–Kier alpha value is -4.88. The Bertz CT molecular complexity index is 1610. The van der Waals surface area contributed by atoms with Crippen LogP contribution in [0.1, 0.15) is 37.1 Å². The molecule has 1 aliphatic heterocycles. The summed E-state index contributed by atoms with van der Waals surface area (Å²) in [5.74, 6) is -0.337. The third-order valence-corrected chi connectivity index (χ3v) is 7.76. The normalized spacial score (nSPS) is 14.9. The molecule has 2 aromatic carbocycles. The van der Waals surface area contributed by atoms with Crippen molar-refractivity contribution in [1.82, 2.24) is 20.4 Å². The summed E-state index contributed by atoms with van der Waals surface area (Å²) in [7, 11) is 1.28. The minimum absolute atomic E-state index is 0.00423. The van der Waals surface area contributed by atoms with Crippen LogP contribution in [-0.4, -0.2) is 59.5 Å². The van der Waals surface area contributed by atoms with Gasteiger partial charge in [-0.25, -0.2) is 9.80 Å². The zero-order valence-corrected chi connectivity index (χ0v) is 26.0. The summed E-state index contributed by atoms with van der Waals surface area (Å²) in [4.78, 5) is 38.6. The number of benzene rings is 2. The Morgan fingerprint density at radius 3 is 2.58 bits per heavy atom. The summed E-state index contributed by atoms with van der Waals surface area (Å²) in [6.07, 6.45) is 4.37. The van der Waals surface area contributed by atoms with Gasteiger partial charge >= 0.3 is 6.09 Å². The number of halogens is 2. The molecule has 1 fully saturated rings. The molecule has 45 heavy (non-hydrogen) atoms. The largest absolute Gasteiger partial charge is 0.453 e. The van der Waals surface area contributed by atoms with Crippen LogP contribution in [0.25, 0.3) is 17.2 Å². The van der Waals surface area contributed by atoms with E-state index in [-0.39, 0.29) is 17.0 Å². The number of aromatic nitrogens is 2. The van der Waals surface area contributed by atoms with Crippen LogP contribution in [0.2, 0.25) is 10.2 Å². The smallest absolute Gasteiger partial charge is 0.411 e. The van der Waals surface area contributed by atoms with Crippen molar-refractivity contribution >= 4 is 64.9 Å². The predicted octanol–water partition coefficient (Wildman–Crippen LogP) is 6.12. The minimum atomic E-state index is -0.596. The molecule has 234 valence electrons. The van der Waals surface area contributed by atoms with Crippen LogP contribution < -0.4 is 15.6 Å². The van der Waals surface area contributed by atoms with Gasteiger partial charge in [-0.05, 0) is 66.8 Å². The number of anilines is 2. The number of amides is 3. The van der Waals surface area contributed by atoms with E-state index in [0.717, 1.165) is 17.8 Å². The summed E-state index contributed by atoms with van der Waals surface area (Å²) in [6, 6.07) is 12.9. The van der Waals surface area contributed by atoms with Gasteiger partial charge in [0.1, 0.15) is 6.34 Å². The number of hydrogen-bond donors (Lipinski definition) is 4. The molecule has 2 heterocycles. The maximum absolute atomic E-state index is 13.3. The zero-order chi connectivity index (χ0) is 32.5. The van der Waals surface area contributed by atoms with Crippen molar-refractivity contribution in [3.63, 3.8) is 0 Å². The molecule has 4 N–H and O–H groups in total. The second-order valence-electron chi connectivity index (χ2n) is 10.2. The first-order valence-electron chi connectivity index (χ1n) is 13.8. The highest BCUT2D eigenvalue weighted by Crippen LogP contribution is 2.32. The lowest BCUT2D eigenvalue weighted by molar-refractivity contribution is -0.128. The van der Waals surface area contributed by atoms with E-state index < -0.39 is 18.0 Å². The number of rotatable bonds is 11. The molecule has 1 aromatic heterocycles. The van der Waals surface area contributed by atoms with Crippen molar-refractivity contribution < 1.29 is 19.1 Å². The Balaban J connectivity index is 1.62. The first kappa shape index (κ1) is 33.0. The molecule has 1 aliphatic rings. The van der Waals surface area contributed by atoms with Crippen LogP contribution in [0.5, 0.6) is 0 Å². The van der Waals surface area contributed by atoms with E-state index in [2.05, 4.69) is 30.8 Å². The lowest BCUT2D eigenvalue weighted by atomic mass is 9.95.